The number of thioether (sulfide) groups is 1. The van der Waals surface area contributed by atoms with Gasteiger partial charge in [-0.1, -0.05) is 41.6 Å². The number of halogens is 4. The molecule has 0 saturated heterocycles. The number of nitrogens with one attached hydrogen (secondary N) is 1. The zero-order valence-electron chi connectivity index (χ0n) is 19.8. The lowest BCUT2D eigenvalue weighted by atomic mass is 10.2. The molecule has 1 aromatic heterocycles. The highest BCUT2D eigenvalue weighted by Gasteiger charge is 2.31. The van der Waals surface area contributed by atoms with Crippen molar-refractivity contribution in [1.29, 1.82) is 0 Å². The Morgan fingerprint density at radius 1 is 1.08 bits per heavy atom. The fourth-order valence-corrected chi connectivity index (χ4v) is 4.57. The summed E-state index contributed by atoms with van der Waals surface area (Å²) in [5.41, 5.74) is 0.581. The Morgan fingerprint density at radius 2 is 1.81 bits per heavy atom. The van der Waals surface area contributed by atoms with Crippen LogP contribution in [-0.2, 0) is 11.0 Å². The largest absolute Gasteiger partial charge is 0.494 e. The SMILES string of the molecule is CCOc1ccc(-n2c(S[C@@H](C)C(=O)Nc3cccc(C(F)(F)F)c3)nnc2-c2ccccc2Cl)cc1. The van der Waals surface area contributed by atoms with Crippen molar-refractivity contribution in [3.63, 3.8) is 0 Å². The topological polar surface area (TPSA) is 69.0 Å². The molecule has 0 radical (unpaired) electrons. The normalized spacial score (nSPS) is 12.3. The first-order chi connectivity index (χ1) is 17.7. The van der Waals surface area contributed by atoms with Gasteiger partial charge in [-0.2, -0.15) is 13.2 Å². The molecule has 6 nitrogen and oxygen atoms in total. The molecule has 0 spiro atoms. The number of nitrogens with zero attached hydrogens (tertiary/aromatic N) is 3. The lowest BCUT2D eigenvalue weighted by Crippen LogP contribution is -2.23. The maximum absolute atomic E-state index is 13.0. The summed E-state index contributed by atoms with van der Waals surface area (Å²) in [4.78, 5) is 12.9. The summed E-state index contributed by atoms with van der Waals surface area (Å²) in [6.07, 6.45) is -4.51. The Kier molecular flexibility index (Phi) is 8.09. The Bertz CT molecular complexity index is 1390. The molecule has 37 heavy (non-hydrogen) atoms. The van der Waals surface area contributed by atoms with Gasteiger partial charge < -0.3 is 10.1 Å². The van der Waals surface area contributed by atoms with Crippen LogP contribution in [0.5, 0.6) is 5.75 Å². The van der Waals surface area contributed by atoms with E-state index in [1.807, 2.05) is 43.3 Å². The fourth-order valence-electron chi connectivity index (χ4n) is 3.48. The van der Waals surface area contributed by atoms with E-state index < -0.39 is 22.9 Å². The Labute approximate surface area is 220 Å². The number of benzene rings is 3. The molecule has 0 unspecified atom stereocenters. The number of hydrogen-bond donors (Lipinski definition) is 1. The zero-order chi connectivity index (χ0) is 26.6. The second kappa shape index (κ2) is 11.3. The van der Waals surface area contributed by atoms with Crippen LogP contribution in [0.1, 0.15) is 19.4 Å². The highest BCUT2D eigenvalue weighted by molar-refractivity contribution is 8.00. The summed E-state index contributed by atoms with van der Waals surface area (Å²) in [5, 5.41) is 11.4. The predicted octanol–water partition coefficient (Wildman–Crippen LogP) is 7.12. The molecule has 11 heteroatoms. The second-order valence-corrected chi connectivity index (χ2v) is 9.59. The summed E-state index contributed by atoms with van der Waals surface area (Å²) in [5.74, 6) is 0.689. The van der Waals surface area contributed by atoms with Crippen molar-refractivity contribution >= 4 is 35.0 Å². The van der Waals surface area contributed by atoms with Gasteiger partial charge in [-0.15, -0.1) is 10.2 Å². The highest BCUT2D eigenvalue weighted by Crippen LogP contribution is 2.34. The minimum Gasteiger partial charge on any atom is -0.494 e. The van der Waals surface area contributed by atoms with Crippen LogP contribution < -0.4 is 10.1 Å². The first-order valence-corrected chi connectivity index (χ1v) is 12.5. The third-order valence-corrected chi connectivity index (χ3v) is 6.64. The van der Waals surface area contributed by atoms with E-state index in [0.29, 0.717) is 33.9 Å². The van der Waals surface area contributed by atoms with Gasteiger partial charge in [0.05, 0.1) is 22.4 Å². The van der Waals surface area contributed by atoms with Crippen LogP contribution in [0.3, 0.4) is 0 Å². The molecular formula is C26H22ClF3N4O2S. The van der Waals surface area contributed by atoms with Gasteiger partial charge in [-0.05, 0) is 68.4 Å². The lowest BCUT2D eigenvalue weighted by Gasteiger charge is -2.15. The van der Waals surface area contributed by atoms with Crippen molar-refractivity contribution in [1.82, 2.24) is 14.8 Å². The van der Waals surface area contributed by atoms with Gasteiger partial charge in [-0.25, -0.2) is 0 Å². The molecular weight excluding hydrogens is 525 g/mol. The molecule has 0 fully saturated rings. The van der Waals surface area contributed by atoms with Gasteiger partial charge in [0.2, 0.25) is 5.91 Å². The van der Waals surface area contributed by atoms with E-state index in [1.165, 1.54) is 12.1 Å². The smallest absolute Gasteiger partial charge is 0.416 e. The van der Waals surface area contributed by atoms with Crippen molar-refractivity contribution in [3.8, 4) is 22.8 Å². The van der Waals surface area contributed by atoms with E-state index in [0.717, 1.165) is 29.6 Å². The van der Waals surface area contributed by atoms with E-state index in [4.69, 9.17) is 16.3 Å². The number of hydrogen-bond acceptors (Lipinski definition) is 5. The summed E-state index contributed by atoms with van der Waals surface area (Å²) in [6, 6.07) is 19.0. The van der Waals surface area contributed by atoms with Crippen LogP contribution in [0.4, 0.5) is 18.9 Å². The van der Waals surface area contributed by atoms with Crippen molar-refractivity contribution in [2.24, 2.45) is 0 Å². The quantitative estimate of drug-likeness (QED) is 0.238. The fraction of sp³-hybridized carbons (Fsp3) is 0.192. The molecule has 0 bridgehead atoms. The average Bonchev–Trinajstić information content (AvgIpc) is 3.27. The number of ether oxygens (including phenoxy) is 1. The lowest BCUT2D eigenvalue weighted by molar-refractivity contribution is -0.137. The molecule has 3 aromatic carbocycles. The van der Waals surface area contributed by atoms with Crippen LogP contribution in [-0.4, -0.2) is 32.5 Å². The molecule has 192 valence electrons. The van der Waals surface area contributed by atoms with Crippen molar-refractivity contribution in [2.45, 2.75) is 30.4 Å². The standard InChI is InChI=1S/C26H22ClF3N4O2S/c1-3-36-20-13-11-19(12-14-20)34-23(21-9-4-5-10-22(21)27)32-33-25(34)37-16(2)24(35)31-18-8-6-7-17(15-18)26(28,29)30/h4-16H,3H2,1-2H3,(H,31,35)/t16-/m0/s1. The minimum atomic E-state index is -4.51. The Balaban J connectivity index is 1.63. The first-order valence-electron chi connectivity index (χ1n) is 11.3. The van der Waals surface area contributed by atoms with E-state index in [-0.39, 0.29) is 5.69 Å². The second-order valence-electron chi connectivity index (χ2n) is 7.88. The van der Waals surface area contributed by atoms with E-state index >= 15 is 0 Å². The number of carbonyl (C=O) groups excluding carboxylic acids is 1. The molecule has 4 aromatic rings. The number of anilines is 1. The number of carbonyl (C=O) groups is 1. The van der Waals surface area contributed by atoms with E-state index in [1.54, 1.807) is 23.6 Å². The molecule has 1 heterocycles. The van der Waals surface area contributed by atoms with Crippen molar-refractivity contribution in [3.05, 3.63) is 83.4 Å². The number of amides is 1. The minimum absolute atomic E-state index is 0.0528. The molecule has 1 amide bonds. The number of aromatic nitrogens is 3. The molecule has 0 aliphatic carbocycles. The number of rotatable bonds is 8. The summed E-state index contributed by atoms with van der Waals surface area (Å²) >= 11 is 7.55. The van der Waals surface area contributed by atoms with Crippen molar-refractivity contribution in [2.75, 3.05) is 11.9 Å². The highest BCUT2D eigenvalue weighted by atomic mass is 35.5. The molecule has 4 rings (SSSR count). The summed E-state index contributed by atoms with van der Waals surface area (Å²) in [7, 11) is 0. The van der Waals surface area contributed by atoms with Crippen LogP contribution in [0, 0.1) is 0 Å². The van der Waals surface area contributed by atoms with E-state index in [2.05, 4.69) is 15.5 Å². The van der Waals surface area contributed by atoms with Gasteiger partial charge in [0.1, 0.15) is 5.75 Å². The maximum atomic E-state index is 13.0. The van der Waals surface area contributed by atoms with E-state index in [9.17, 15) is 18.0 Å². The molecule has 0 aliphatic rings. The Hall–Kier alpha value is -3.50. The first kappa shape index (κ1) is 26.6. The average molecular weight is 547 g/mol. The van der Waals surface area contributed by atoms with Gasteiger partial charge in [0.25, 0.3) is 0 Å². The molecule has 1 N–H and O–H groups in total. The molecule has 1 atom stereocenters. The molecule has 0 aliphatic heterocycles. The molecule has 0 saturated carbocycles. The van der Waals surface area contributed by atoms with Crippen LogP contribution >= 0.6 is 23.4 Å². The predicted molar refractivity (Wildman–Crippen MR) is 138 cm³/mol. The summed E-state index contributed by atoms with van der Waals surface area (Å²) in [6.45, 7) is 4.06. The summed E-state index contributed by atoms with van der Waals surface area (Å²) < 4.78 is 46.4. The van der Waals surface area contributed by atoms with Gasteiger partial charge in [-0.3, -0.25) is 9.36 Å². The Morgan fingerprint density at radius 3 is 2.49 bits per heavy atom. The van der Waals surface area contributed by atoms with Gasteiger partial charge in [0, 0.05) is 16.9 Å². The van der Waals surface area contributed by atoms with Crippen LogP contribution in [0.2, 0.25) is 5.02 Å². The third-order valence-electron chi connectivity index (χ3n) is 5.26. The maximum Gasteiger partial charge on any atom is 0.416 e. The van der Waals surface area contributed by atoms with Gasteiger partial charge >= 0.3 is 6.18 Å². The zero-order valence-corrected chi connectivity index (χ0v) is 21.4. The van der Waals surface area contributed by atoms with Crippen LogP contribution in [0.15, 0.2) is 78.0 Å². The monoisotopic (exact) mass is 546 g/mol. The third kappa shape index (κ3) is 6.26. The van der Waals surface area contributed by atoms with Gasteiger partial charge in [0.15, 0.2) is 11.0 Å². The van der Waals surface area contributed by atoms with Crippen LogP contribution in [0.25, 0.3) is 17.1 Å². The van der Waals surface area contributed by atoms with Crippen molar-refractivity contribution < 1.29 is 22.7 Å². The number of alkyl halides is 3.